The van der Waals surface area contributed by atoms with Crippen molar-refractivity contribution in [2.45, 2.75) is 6.92 Å². The molecule has 0 fully saturated rings. The van der Waals surface area contributed by atoms with Gasteiger partial charge in [-0.05, 0) is 30.7 Å². The first-order valence-corrected chi connectivity index (χ1v) is 5.30. The van der Waals surface area contributed by atoms with Gasteiger partial charge in [-0.25, -0.2) is 0 Å². The van der Waals surface area contributed by atoms with E-state index in [1.54, 1.807) is 24.3 Å². The van der Waals surface area contributed by atoms with Gasteiger partial charge in [0.2, 0.25) is 5.91 Å². The number of carboxylic acids is 1. The number of para-hydroxylation sites is 1. The van der Waals surface area contributed by atoms with Gasteiger partial charge in [0.05, 0.1) is 0 Å². The van der Waals surface area contributed by atoms with Crippen molar-refractivity contribution in [2.24, 2.45) is 5.92 Å². The van der Waals surface area contributed by atoms with E-state index in [4.69, 9.17) is 5.11 Å². The van der Waals surface area contributed by atoms with Crippen LogP contribution in [0, 0.1) is 5.92 Å². The Hall–Kier alpha value is -2.43. The predicted octanol–water partition coefficient (Wildman–Crippen LogP) is 1.56. The van der Waals surface area contributed by atoms with Crippen LogP contribution < -0.4 is 5.32 Å². The van der Waals surface area contributed by atoms with Crippen molar-refractivity contribution < 1.29 is 19.5 Å². The number of rotatable bonds is 5. The van der Waals surface area contributed by atoms with Crippen LogP contribution in [0.3, 0.4) is 0 Å². The molecule has 0 saturated heterocycles. The Morgan fingerprint density at radius 3 is 2.61 bits per heavy atom. The van der Waals surface area contributed by atoms with E-state index in [9.17, 15) is 14.4 Å². The molecule has 1 unspecified atom stereocenters. The van der Waals surface area contributed by atoms with E-state index < -0.39 is 17.8 Å². The van der Waals surface area contributed by atoms with E-state index in [1.165, 1.54) is 19.1 Å². The Morgan fingerprint density at radius 2 is 2.00 bits per heavy atom. The van der Waals surface area contributed by atoms with Crippen LogP contribution in [-0.2, 0) is 14.4 Å². The number of hydrogen-bond acceptors (Lipinski definition) is 3. The van der Waals surface area contributed by atoms with Gasteiger partial charge in [0, 0.05) is 5.69 Å². The number of anilines is 1. The summed E-state index contributed by atoms with van der Waals surface area (Å²) >= 11 is 0. The second-order valence-corrected chi connectivity index (χ2v) is 3.63. The first-order valence-electron chi connectivity index (χ1n) is 5.30. The average Bonchev–Trinajstić information content (AvgIpc) is 2.36. The zero-order valence-corrected chi connectivity index (χ0v) is 9.79. The molecule has 18 heavy (non-hydrogen) atoms. The number of amides is 1. The van der Waals surface area contributed by atoms with E-state index in [0.717, 1.165) is 0 Å². The van der Waals surface area contributed by atoms with Gasteiger partial charge in [0.15, 0.2) is 0 Å². The van der Waals surface area contributed by atoms with Gasteiger partial charge in [-0.15, -0.1) is 0 Å². The summed E-state index contributed by atoms with van der Waals surface area (Å²) < 4.78 is 0. The third-order valence-electron chi connectivity index (χ3n) is 2.34. The Kier molecular flexibility index (Phi) is 4.80. The van der Waals surface area contributed by atoms with Crippen molar-refractivity contribution in [1.82, 2.24) is 0 Å². The standard InChI is InChI=1S/C13H13NO4/c1-9(13(17)18)12(16)14-11-7-3-2-5-10(11)6-4-8-15/h2-9H,1H3,(H,14,16)(H,17,18)/b6-4+. The van der Waals surface area contributed by atoms with E-state index in [2.05, 4.69) is 5.32 Å². The Morgan fingerprint density at radius 1 is 1.33 bits per heavy atom. The minimum atomic E-state index is -1.19. The number of aldehydes is 1. The van der Waals surface area contributed by atoms with Crippen LogP contribution in [-0.4, -0.2) is 23.3 Å². The maximum Gasteiger partial charge on any atom is 0.315 e. The maximum atomic E-state index is 11.6. The fourth-order valence-electron chi connectivity index (χ4n) is 1.25. The summed E-state index contributed by atoms with van der Waals surface area (Å²) in [5.41, 5.74) is 1.10. The SMILES string of the molecule is CC(C(=O)O)C(=O)Nc1ccccc1/C=C/C=O. The van der Waals surface area contributed by atoms with Crippen molar-refractivity contribution in [3.05, 3.63) is 35.9 Å². The zero-order chi connectivity index (χ0) is 13.5. The smallest absolute Gasteiger partial charge is 0.315 e. The highest BCUT2D eigenvalue weighted by atomic mass is 16.4. The molecule has 5 heteroatoms. The van der Waals surface area contributed by atoms with Crippen LogP contribution in [0.1, 0.15) is 12.5 Å². The summed E-state index contributed by atoms with van der Waals surface area (Å²) in [4.78, 5) is 32.5. The summed E-state index contributed by atoms with van der Waals surface area (Å²) in [5, 5.41) is 11.2. The van der Waals surface area contributed by atoms with E-state index in [0.29, 0.717) is 17.5 Å². The highest BCUT2D eigenvalue weighted by Gasteiger charge is 2.20. The highest BCUT2D eigenvalue weighted by molar-refractivity contribution is 6.04. The lowest BCUT2D eigenvalue weighted by atomic mass is 10.1. The first kappa shape index (κ1) is 13.6. The van der Waals surface area contributed by atoms with Gasteiger partial charge < -0.3 is 10.4 Å². The molecule has 0 bridgehead atoms. The molecule has 1 amide bonds. The number of benzene rings is 1. The second kappa shape index (κ2) is 6.34. The summed E-state index contributed by atoms with van der Waals surface area (Å²) in [5.74, 6) is -2.92. The number of carbonyl (C=O) groups excluding carboxylic acids is 2. The molecule has 2 N–H and O–H groups in total. The number of nitrogens with one attached hydrogen (secondary N) is 1. The molecule has 0 aliphatic carbocycles. The third-order valence-corrected chi connectivity index (χ3v) is 2.34. The topological polar surface area (TPSA) is 83.5 Å². The third kappa shape index (κ3) is 3.55. The summed E-state index contributed by atoms with van der Waals surface area (Å²) in [6.45, 7) is 1.31. The van der Waals surface area contributed by atoms with E-state index in [1.807, 2.05) is 0 Å². The van der Waals surface area contributed by atoms with Gasteiger partial charge in [0.25, 0.3) is 0 Å². The molecule has 1 atom stereocenters. The van der Waals surface area contributed by atoms with Crippen LogP contribution >= 0.6 is 0 Å². The molecule has 0 aliphatic heterocycles. The molecule has 1 aromatic carbocycles. The van der Waals surface area contributed by atoms with Crippen LogP contribution in [0.15, 0.2) is 30.3 Å². The van der Waals surface area contributed by atoms with Crippen molar-refractivity contribution in [3.63, 3.8) is 0 Å². The van der Waals surface area contributed by atoms with Gasteiger partial charge in [-0.1, -0.05) is 18.2 Å². The van der Waals surface area contributed by atoms with Gasteiger partial charge in [-0.3, -0.25) is 14.4 Å². The van der Waals surface area contributed by atoms with E-state index >= 15 is 0 Å². The van der Waals surface area contributed by atoms with Crippen LogP contribution in [0.5, 0.6) is 0 Å². The predicted molar refractivity (Wildman–Crippen MR) is 67.0 cm³/mol. The number of carbonyl (C=O) groups is 3. The van der Waals surface area contributed by atoms with Gasteiger partial charge >= 0.3 is 5.97 Å². The fraction of sp³-hybridized carbons (Fsp3) is 0.154. The van der Waals surface area contributed by atoms with Gasteiger partial charge in [-0.2, -0.15) is 0 Å². The van der Waals surface area contributed by atoms with Crippen LogP contribution in [0.25, 0.3) is 6.08 Å². The van der Waals surface area contributed by atoms with Crippen LogP contribution in [0.4, 0.5) is 5.69 Å². The van der Waals surface area contributed by atoms with Crippen molar-refractivity contribution >= 4 is 29.9 Å². The molecule has 1 aromatic rings. The maximum absolute atomic E-state index is 11.6. The van der Waals surface area contributed by atoms with Gasteiger partial charge in [0.1, 0.15) is 12.2 Å². The minimum Gasteiger partial charge on any atom is -0.481 e. The average molecular weight is 247 g/mol. The molecule has 0 heterocycles. The van der Waals surface area contributed by atoms with Crippen molar-refractivity contribution in [3.8, 4) is 0 Å². The number of carboxylic acid groups (broad SMARTS) is 1. The van der Waals surface area contributed by atoms with Crippen molar-refractivity contribution in [2.75, 3.05) is 5.32 Å². The van der Waals surface area contributed by atoms with Crippen LogP contribution in [0.2, 0.25) is 0 Å². The molecular formula is C13H13NO4. The summed E-state index contributed by atoms with van der Waals surface area (Å²) in [7, 11) is 0. The molecule has 0 spiro atoms. The monoisotopic (exact) mass is 247 g/mol. The Labute approximate surface area is 104 Å². The molecule has 5 nitrogen and oxygen atoms in total. The normalized spacial score (nSPS) is 12.1. The Balaban J connectivity index is 2.90. The highest BCUT2D eigenvalue weighted by Crippen LogP contribution is 2.17. The first-order chi connectivity index (χ1) is 8.56. The second-order valence-electron chi connectivity index (χ2n) is 3.63. The minimum absolute atomic E-state index is 0.466. The fourth-order valence-corrected chi connectivity index (χ4v) is 1.25. The molecule has 1 rings (SSSR count). The number of aliphatic carboxylic acids is 1. The largest absolute Gasteiger partial charge is 0.481 e. The zero-order valence-electron chi connectivity index (χ0n) is 9.79. The molecule has 0 saturated carbocycles. The quantitative estimate of drug-likeness (QED) is 0.470. The Bertz CT molecular complexity index is 494. The molecule has 94 valence electrons. The lowest BCUT2D eigenvalue weighted by molar-refractivity contribution is -0.144. The summed E-state index contributed by atoms with van der Waals surface area (Å²) in [6, 6.07) is 6.80. The number of hydrogen-bond donors (Lipinski definition) is 2. The summed E-state index contributed by atoms with van der Waals surface area (Å²) in [6.07, 6.45) is 3.46. The lowest BCUT2D eigenvalue weighted by Gasteiger charge is -2.10. The molecular weight excluding hydrogens is 234 g/mol. The van der Waals surface area contributed by atoms with E-state index in [-0.39, 0.29) is 0 Å². The molecule has 0 aliphatic rings. The lowest BCUT2D eigenvalue weighted by Crippen LogP contribution is -2.27. The molecule has 0 radical (unpaired) electrons. The number of allylic oxidation sites excluding steroid dienone is 1. The molecule has 0 aromatic heterocycles. The van der Waals surface area contributed by atoms with Crippen molar-refractivity contribution in [1.29, 1.82) is 0 Å².